The SMILES string of the molecule is Cc1cc(C)c(C(=O)NCCC(O)(c2nccn2C)C(F)(F)F)o1. The van der Waals surface area contributed by atoms with Crippen LogP contribution in [0.3, 0.4) is 0 Å². The van der Waals surface area contributed by atoms with Crippen LogP contribution in [0.4, 0.5) is 13.2 Å². The zero-order valence-corrected chi connectivity index (χ0v) is 13.4. The van der Waals surface area contributed by atoms with Gasteiger partial charge in [-0.2, -0.15) is 13.2 Å². The van der Waals surface area contributed by atoms with Gasteiger partial charge in [0.25, 0.3) is 5.91 Å². The average molecular weight is 345 g/mol. The van der Waals surface area contributed by atoms with Crippen molar-refractivity contribution >= 4 is 5.91 Å². The molecule has 9 heteroatoms. The van der Waals surface area contributed by atoms with Crippen LogP contribution in [0, 0.1) is 13.8 Å². The monoisotopic (exact) mass is 345 g/mol. The van der Waals surface area contributed by atoms with E-state index in [1.807, 2.05) is 0 Å². The molecule has 1 atom stereocenters. The fourth-order valence-electron chi connectivity index (χ4n) is 2.45. The number of furan rings is 1. The van der Waals surface area contributed by atoms with Gasteiger partial charge in [0.1, 0.15) is 11.6 Å². The Bertz CT molecular complexity index is 736. The Morgan fingerprint density at radius 1 is 1.42 bits per heavy atom. The third kappa shape index (κ3) is 3.30. The zero-order chi connectivity index (χ0) is 18.1. The highest BCUT2D eigenvalue weighted by molar-refractivity contribution is 5.92. The molecular formula is C15H18F3N3O3. The summed E-state index contributed by atoms with van der Waals surface area (Å²) in [6.45, 7) is 2.92. The van der Waals surface area contributed by atoms with Crippen molar-refractivity contribution in [1.29, 1.82) is 0 Å². The molecule has 24 heavy (non-hydrogen) atoms. The number of rotatable bonds is 5. The lowest BCUT2D eigenvalue weighted by Crippen LogP contribution is -2.46. The third-order valence-electron chi connectivity index (χ3n) is 3.68. The number of nitrogens with one attached hydrogen (secondary N) is 1. The summed E-state index contributed by atoms with van der Waals surface area (Å²) < 4.78 is 46.3. The third-order valence-corrected chi connectivity index (χ3v) is 3.68. The highest BCUT2D eigenvalue weighted by Gasteiger charge is 2.57. The molecule has 0 spiro atoms. The maximum atomic E-state index is 13.3. The largest absolute Gasteiger partial charge is 0.456 e. The summed E-state index contributed by atoms with van der Waals surface area (Å²) in [5.74, 6) is -0.600. The van der Waals surface area contributed by atoms with Crippen LogP contribution in [0.15, 0.2) is 22.9 Å². The second-order valence-corrected chi connectivity index (χ2v) is 5.59. The summed E-state index contributed by atoms with van der Waals surface area (Å²) in [6.07, 6.45) is -3.24. The molecule has 0 fully saturated rings. The first-order chi connectivity index (χ1) is 11.1. The van der Waals surface area contributed by atoms with Crippen LogP contribution in [0.5, 0.6) is 0 Å². The van der Waals surface area contributed by atoms with Gasteiger partial charge in [0, 0.05) is 38.0 Å². The van der Waals surface area contributed by atoms with Gasteiger partial charge < -0.3 is 19.4 Å². The molecule has 0 saturated carbocycles. The lowest BCUT2D eigenvalue weighted by atomic mass is 9.97. The molecule has 0 saturated heterocycles. The summed E-state index contributed by atoms with van der Waals surface area (Å²) in [7, 11) is 1.35. The van der Waals surface area contributed by atoms with E-state index >= 15 is 0 Å². The Labute approximate surface area is 136 Å². The van der Waals surface area contributed by atoms with Crippen molar-refractivity contribution in [3.05, 3.63) is 41.4 Å². The molecule has 0 aliphatic heterocycles. The quantitative estimate of drug-likeness (QED) is 0.871. The molecule has 2 aromatic rings. The maximum absolute atomic E-state index is 13.3. The summed E-state index contributed by atoms with van der Waals surface area (Å²) in [5.41, 5.74) is -2.58. The summed E-state index contributed by atoms with van der Waals surface area (Å²) in [6, 6.07) is 1.65. The number of amides is 1. The van der Waals surface area contributed by atoms with Gasteiger partial charge >= 0.3 is 6.18 Å². The highest BCUT2D eigenvalue weighted by atomic mass is 19.4. The minimum Gasteiger partial charge on any atom is -0.456 e. The molecule has 0 radical (unpaired) electrons. The normalized spacial score (nSPS) is 14.5. The molecule has 0 bridgehead atoms. The number of aryl methyl sites for hydroxylation is 3. The van der Waals surface area contributed by atoms with Gasteiger partial charge in [-0.25, -0.2) is 4.98 Å². The number of aliphatic hydroxyl groups is 1. The van der Waals surface area contributed by atoms with Crippen LogP contribution in [0.2, 0.25) is 0 Å². The Balaban J connectivity index is 2.11. The maximum Gasteiger partial charge on any atom is 0.424 e. The minimum absolute atomic E-state index is 0.0417. The molecule has 1 amide bonds. The van der Waals surface area contributed by atoms with Crippen molar-refractivity contribution in [2.24, 2.45) is 7.05 Å². The number of hydrogen-bond acceptors (Lipinski definition) is 4. The zero-order valence-electron chi connectivity index (χ0n) is 13.4. The standard InChI is InChI=1S/C15H18F3N3O3/c1-9-8-10(2)24-11(9)12(22)19-5-4-14(23,15(16,17)18)13-20-6-7-21(13)3/h6-8,23H,4-5H2,1-3H3,(H,19,22). The lowest BCUT2D eigenvalue weighted by molar-refractivity contribution is -0.272. The molecule has 2 N–H and O–H groups in total. The number of hydrogen-bond donors (Lipinski definition) is 2. The number of nitrogens with zero attached hydrogens (tertiary/aromatic N) is 2. The number of carbonyl (C=O) groups is 1. The number of imidazole rings is 1. The molecule has 0 aliphatic rings. The number of alkyl halides is 3. The summed E-state index contributed by atoms with van der Waals surface area (Å²) in [4.78, 5) is 15.6. The van der Waals surface area contributed by atoms with Crippen LogP contribution >= 0.6 is 0 Å². The van der Waals surface area contributed by atoms with E-state index in [4.69, 9.17) is 4.42 Å². The molecule has 1 unspecified atom stereocenters. The van der Waals surface area contributed by atoms with Crippen molar-refractivity contribution in [2.75, 3.05) is 6.54 Å². The van der Waals surface area contributed by atoms with Gasteiger partial charge in [0.2, 0.25) is 5.60 Å². The van der Waals surface area contributed by atoms with Crippen LogP contribution in [-0.4, -0.2) is 33.3 Å². The van der Waals surface area contributed by atoms with Crippen molar-refractivity contribution in [1.82, 2.24) is 14.9 Å². The molecule has 2 heterocycles. The van der Waals surface area contributed by atoms with Gasteiger partial charge in [0.05, 0.1) is 0 Å². The Hall–Kier alpha value is -2.29. The van der Waals surface area contributed by atoms with Crippen molar-refractivity contribution < 1.29 is 27.5 Å². The molecule has 2 rings (SSSR count). The van der Waals surface area contributed by atoms with Crippen molar-refractivity contribution in [3.63, 3.8) is 0 Å². The Morgan fingerprint density at radius 3 is 2.54 bits per heavy atom. The first-order valence-electron chi connectivity index (χ1n) is 7.18. The minimum atomic E-state index is -4.94. The van der Waals surface area contributed by atoms with Crippen LogP contribution in [0.1, 0.15) is 34.1 Å². The van der Waals surface area contributed by atoms with E-state index in [0.29, 0.717) is 11.3 Å². The molecule has 0 aliphatic carbocycles. The topological polar surface area (TPSA) is 80.3 Å². The van der Waals surface area contributed by atoms with E-state index in [1.165, 1.54) is 19.4 Å². The van der Waals surface area contributed by atoms with Gasteiger partial charge in [-0.05, 0) is 19.9 Å². The van der Waals surface area contributed by atoms with E-state index < -0.39 is 36.5 Å². The predicted molar refractivity (Wildman–Crippen MR) is 78.3 cm³/mol. The first kappa shape index (κ1) is 18.1. The Morgan fingerprint density at radius 2 is 2.08 bits per heavy atom. The molecule has 132 valence electrons. The van der Waals surface area contributed by atoms with Crippen molar-refractivity contribution in [2.45, 2.75) is 32.0 Å². The van der Waals surface area contributed by atoms with Crippen LogP contribution < -0.4 is 5.32 Å². The lowest BCUT2D eigenvalue weighted by Gasteiger charge is -2.29. The molecule has 2 aromatic heterocycles. The van der Waals surface area contributed by atoms with Crippen LogP contribution in [-0.2, 0) is 12.6 Å². The predicted octanol–water partition coefficient (Wildman–Crippen LogP) is 2.20. The fourth-order valence-corrected chi connectivity index (χ4v) is 2.45. The number of halogens is 3. The summed E-state index contributed by atoms with van der Waals surface area (Å²) in [5, 5.41) is 12.5. The smallest absolute Gasteiger partial charge is 0.424 e. The second-order valence-electron chi connectivity index (χ2n) is 5.59. The average Bonchev–Trinajstić information content (AvgIpc) is 3.03. The van der Waals surface area contributed by atoms with Gasteiger partial charge in [-0.1, -0.05) is 0 Å². The van der Waals surface area contributed by atoms with E-state index in [1.54, 1.807) is 19.9 Å². The van der Waals surface area contributed by atoms with E-state index in [2.05, 4.69) is 10.3 Å². The van der Waals surface area contributed by atoms with E-state index in [-0.39, 0.29) is 5.76 Å². The van der Waals surface area contributed by atoms with E-state index in [9.17, 15) is 23.1 Å². The van der Waals surface area contributed by atoms with Gasteiger partial charge in [0.15, 0.2) is 5.76 Å². The van der Waals surface area contributed by atoms with Crippen LogP contribution in [0.25, 0.3) is 0 Å². The second kappa shape index (κ2) is 6.31. The molecule has 6 nitrogen and oxygen atoms in total. The fraction of sp³-hybridized carbons (Fsp3) is 0.467. The first-order valence-corrected chi connectivity index (χ1v) is 7.18. The van der Waals surface area contributed by atoms with Gasteiger partial charge in [-0.3, -0.25) is 4.79 Å². The summed E-state index contributed by atoms with van der Waals surface area (Å²) >= 11 is 0. The van der Waals surface area contributed by atoms with E-state index in [0.717, 1.165) is 4.57 Å². The Kier molecular flexibility index (Phi) is 4.75. The number of aromatic nitrogens is 2. The molecular weight excluding hydrogens is 327 g/mol. The molecule has 0 aromatic carbocycles. The van der Waals surface area contributed by atoms with Crippen molar-refractivity contribution in [3.8, 4) is 0 Å². The number of carbonyl (C=O) groups excluding carboxylic acids is 1. The highest BCUT2D eigenvalue weighted by Crippen LogP contribution is 2.40. The van der Waals surface area contributed by atoms with Gasteiger partial charge in [-0.15, -0.1) is 0 Å².